The number of hydrogen-bond donors (Lipinski definition) is 2. The molecule has 2 rings (SSSR count). The molecule has 0 aromatic carbocycles. The maximum atomic E-state index is 12.4. The van der Waals surface area contributed by atoms with Crippen LogP contribution in [0.5, 0.6) is 0 Å². The molecule has 1 amide bonds. The molecular formula is C14H18N2O3S. The SMILES string of the molecule is CSc1ncccc1C(=O)NC1(C(=O)O)CCCCC1. The van der Waals surface area contributed by atoms with Crippen LogP contribution in [0.25, 0.3) is 0 Å². The van der Waals surface area contributed by atoms with Gasteiger partial charge in [0.05, 0.1) is 5.56 Å². The van der Waals surface area contributed by atoms with E-state index in [0.29, 0.717) is 23.4 Å². The number of rotatable bonds is 4. The van der Waals surface area contributed by atoms with E-state index in [9.17, 15) is 14.7 Å². The van der Waals surface area contributed by atoms with Gasteiger partial charge < -0.3 is 10.4 Å². The van der Waals surface area contributed by atoms with E-state index in [-0.39, 0.29) is 5.91 Å². The number of amides is 1. The molecule has 1 heterocycles. The molecule has 0 radical (unpaired) electrons. The standard InChI is InChI=1S/C14H18N2O3S/c1-20-12-10(6-5-9-15-12)11(17)16-14(13(18)19)7-3-2-4-8-14/h5-6,9H,2-4,7-8H2,1H3,(H,16,17)(H,18,19). The van der Waals surface area contributed by atoms with Gasteiger partial charge in [-0.05, 0) is 31.2 Å². The Bertz CT molecular complexity index is 513. The molecule has 1 aromatic heterocycles. The lowest BCUT2D eigenvalue weighted by atomic mass is 9.81. The number of pyridine rings is 1. The van der Waals surface area contributed by atoms with Crippen molar-refractivity contribution in [3.8, 4) is 0 Å². The Morgan fingerprint density at radius 2 is 2.05 bits per heavy atom. The van der Waals surface area contributed by atoms with E-state index in [1.807, 2.05) is 6.26 Å². The summed E-state index contributed by atoms with van der Waals surface area (Å²) in [7, 11) is 0. The Labute approximate surface area is 122 Å². The van der Waals surface area contributed by atoms with Crippen LogP contribution in [0.3, 0.4) is 0 Å². The van der Waals surface area contributed by atoms with Crippen molar-refractivity contribution in [2.75, 3.05) is 6.26 Å². The number of carbonyl (C=O) groups is 2. The molecular weight excluding hydrogens is 276 g/mol. The lowest BCUT2D eigenvalue weighted by molar-refractivity contribution is -0.145. The monoisotopic (exact) mass is 294 g/mol. The molecule has 1 aromatic rings. The highest BCUT2D eigenvalue weighted by molar-refractivity contribution is 7.98. The van der Waals surface area contributed by atoms with Crippen LogP contribution in [0.15, 0.2) is 23.4 Å². The number of carbonyl (C=O) groups excluding carboxylic acids is 1. The Morgan fingerprint density at radius 3 is 2.65 bits per heavy atom. The number of thioether (sulfide) groups is 1. The second-order valence-corrected chi connectivity index (χ2v) is 5.76. The van der Waals surface area contributed by atoms with Crippen LogP contribution in [0.2, 0.25) is 0 Å². The van der Waals surface area contributed by atoms with Crippen molar-refractivity contribution in [3.63, 3.8) is 0 Å². The lowest BCUT2D eigenvalue weighted by Gasteiger charge is -2.34. The van der Waals surface area contributed by atoms with Crippen LogP contribution in [0.1, 0.15) is 42.5 Å². The summed E-state index contributed by atoms with van der Waals surface area (Å²) in [5, 5.41) is 12.8. The maximum absolute atomic E-state index is 12.4. The van der Waals surface area contributed by atoms with Crippen molar-refractivity contribution < 1.29 is 14.7 Å². The minimum Gasteiger partial charge on any atom is -0.480 e. The molecule has 0 atom stereocenters. The van der Waals surface area contributed by atoms with Crippen molar-refractivity contribution in [2.24, 2.45) is 0 Å². The third kappa shape index (κ3) is 2.95. The van der Waals surface area contributed by atoms with Gasteiger partial charge in [0.1, 0.15) is 10.6 Å². The zero-order valence-electron chi connectivity index (χ0n) is 11.4. The van der Waals surface area contributed by atoms with E-state index in [0.717, 1.165) is 19.3 Å². The third-order valence-electron chi connectivity index (χ3n) is 3.68. The highest BCUT2D eigenvalue weighted by Gasteiger charge is 2.41. The summed E-state index contributed by atoms with van der Waals surface area (Å²) in [5.74, 6) is -1.30. The van der Waals surface area contributed by atoms with Crippen molar-refractivity contribution in [1.82, 2.24) is 10.3 Å². The average Bonchev–Trinajstić information content (AvgIpc) is 2.48. The van der Waals surface area contributed by atoms with E-state index < -0.39 is 11.5 Å². The highest BCUT2D eigenvalue weighted by Crippen LogP contribution is 2.29. The van der Waals surface area contributed by atoms with Gasteiger partial charge >= 0.3 is 5.97 Å². The second-order valence-electron chi connectivity index (χ2n) is 4.96. The number of aromatic nitrogens is 1. The minimum atomic E-state index is -1.12. The largest absolute Gasteiger partial charge is 0.480 e. The highest BCUT2D eigenvalue weighted by atomic mass is 32.2. The summed E-state index contributed by atoms with van der Waals surface area (Å²) in [6, 6.07) is 3.36. The van der Waals surface area contributed by atoms with Crippen molar-refractivity contribution in [3.05, 3.63) is 23.9 Å². The molecule has 0 spiro atoms. The van der Waals surface area contributed by atoms with Gasteiger partial charge in [0.2, 0.25) is 0 Å². The first-order valence-electron chi connectivity index (χ1n) is 6.64. The smallest absolute Gasteiger partial charge is 0.329 e. The molecule has 0 unspecified atom stereocenters. The normalized spacial score (nSPS) is 17.4. The molecule has 6 heteroatoms. The Balaban J connectivity index is 2.22. The number of nitrogens with zero attached hydrogens (tertiary/aromatic N) is 1. The van der Waals surface area contributed by atoms with Crippen molar-refractivity contribution in [1.29, 1.82) is 0 Å². The average molecular weight is 294 g/mol. The van der Waals surface area contributed by atoms with Crippen LogP contribution in [-0.2, 0) is 4.79 Å². The predicted octanol–water partition coefficient (Wildman–Crippen LogP) is 2.32. The van der Waals surface area contributed by atoms with Crippen LogP contribution in [0, 0.1) is 0 Å². The summed E-state index contributed by atoms with van der Waals surface area (Å²) in [4.78, 5) is 28.1. The fourth-order valence-corrected chi connectivity index (χ4v) is 3.11. The molecule has 1 aliphatic carbocycles. The van der Waals surface area contributed by atoms with Crippen molar-refractivity contribution >= 4 is 23.6 Å². The minimum absolute atomic E-state index is 0.355. The number of hydrogen-bond acceptors (Lipinski definition) is 4. The molecule has 2 N–H and O–H groups in total. The zero-order chi connectivity index (χ0) is 14.6. The van der Waals surface area contributed by atoms with Gasteiger partial charge in [0.25, 0.3) is 5.91 Å². The van der Waals surface area contributed by atoms with Crippen LogP contribution in [-0.4, -0.2) is 33.8 Å². The molecule has 20 heavy (non-hydrogen) atoms. The van der Waals surface area contributed by atoms with Crippen LogP contribution in [0.4, 0.5) is 0 Å². The molecule has 0 aliphatic heterocycles. The Kier molecular flexibility index (Phi) is 4.65. The van der Waals surface area contributed by atoms with E-state index in [2.05, 4.69) is 10.3 Å². The van der Waals surface area contributed by atoms with Crippen LogP contribution < -0.4 is 5.32 Å². The van der Waals surface area contributed by atoms with Crippen molar-refractivity contribution in [2.45, 2.75) is 42.7 Å². The number of carboxylic acids is 1. The zero-order valence-corrected chi connectivity index (χ0v) is 12.2. The third-order valence-corrected chi connectivity index (χ3v) is 4.39. The summed E-state index contributed by atoms with van der Waals surface area (Å²) in [6.07, 6.45) is 7.12. The molecule has 108 valence electrons. The van der Waals surface area contributed by atoms with Crippen LogP contribution >= 0.6 is 11.8 Å². The fourth-order valence-electron chi connectivity index (χ4n) is 2.56. The Hall–Kier alpha value is -1.56. The molecule has 1 aliphatic rings. The summed E-state index contributed by atoms with van der Waals surface area (Å²) in [6.45, 7) is 0. The van der Waals surface area contributed by atoms with Gasteiger partial charge in [-0.15, -0.1) is 11.8 Å². The molecule has 5 nitrogen and oxygen atoms in total. The first kappa shape index (κ1) is 14.8. The van der Waals surface area contributed by atoms with Gasteiger partial charge in [-0.25, -0.2) is 9.78 Å². The summed E-state index contributed by atoms with van der Waals surface area (Å²) < 4.78 is 0. The number of carboxylic acid groups (broad SMARTS) is 1. The first-order valence-corrected chi connectivity index (χ1v) is 7.86. The molecule has 1 fully saturated rings. The van der Waals surface area contributed by atoms with Gasteiger partial charge in [-0.1, -0.05) is 19.3 Å². The van der Waals surface area contributed by atoms with E-state index in [4.69, 9.17) is 0 Å². The fraction of sp³-hybridized carbons (Fsp3) is 0.500. The number of nitrogens with one attached hydrogen (secondary N) is 1. The molecule has 1 saturated carbocycles. The summed E-state index contributed by atoms with van der Waals surface area (Å²) in [5.41, 5.74) is -0.688. The predicted molar refractivity (Wildman–Crippen MR) is 76.9 cm³/mol. The lowest BCUT2D eigenvalue weighted by Crippen LogP contribution is -2.55. The number of aliphatic carboxylic acids is 1. The topological polar surface area (TPSA) is 79.3 Å². The molecule has 0 bridgehead atoms. The quantitative estimate of drug-likeness (QED) is 0.833. The van der Waals surface area contributed by atoms with E-state index >= 15 is 0 Å². The van der Waals surface area contributed by atoms with E-state index in [1.165, 1.54) is 11.8 Å². The van der Waals surface area contributed by atoms with Gasteiger partial charge in [-0.2, -0.15) is 0 Å². The maximum Gasteiger partial charge on any atom is 0.329 e. The Morgan fingerprint density at radius 1 is 1.35 bits per heavy atom. The van der Waals surface area contributed by atoms with Gasteiger partial charge in [-0.3, -0.25) is 4.79 Å². The second kappa shape index (κ2) is 6.26. The summed E-state index contributed by atoms with van der Waals surface area (Å²) >= 11 is 1.37. The van der Waals surface area contributed by atoms with Gasteiger partial charge in [0.15, 0.2) is 0 Å². The van der Waals surface area contributed by atoms with Gasteiger partial charge in [0, 0.05) is 6.20 Å². The first-order chi connectivity index (χ1) is 9.59. The van der Waals surface area contributed by atoms with E-state index in [1.54, 1.807) is 18.3 Å². The molecule has 0 saturated heterocycles.